The summed E-state index contributed by atoms with van der Waals surface area (Å²) >= 11 is 0. The van der Waals surface area contributed by atoms with Crippen LogP contribution in [0.3, 0.4) is 0 Å². The van der Waals surface area contributed by atoms with E-state index in [0.717, 1.165) is 0 Å². The van der Waals surface area contributed by atoms with Crippen LogP contribution in [0.1, 0.15) is 27.2 Å². The second-order valence-corrected chi connectivity index (χ2v) is 4.30. The summed E-state index contributed by atoms with van der Waals surface area (Å²) in [5.74, 6) is 0. The molecular formula is C9H18CoF3NO. The normalized spacial score (nSPS) is 16.4. The van der Waals surface area contributed by atoms with Crippen LogP contribution in [0.2, 0.25) is 0 Å². The van der Waals surface area contributed by atoms with E-state index in [1.54, 1.807) is 11.9 Å². The number of halogens is 3. The van der Waals surface area contributed by atoms with E-state index in [1.807, 2.05) is 13.8 Å². The summed E-state index contributed by atoms with van der Waals surface area (Å²) in [6.45, 7) is 4.96. The minimum Gasteiger partial charge on any atom is -0.388 e. The first-order chi connectivity index (χ1) is 6.03. The van der Waals surface area contributed by atoms with Crippen molar-refractivity contribution < 1.29 is 35.1 Å². The first kappa shape index (κ1) is 17.6. The number of aliphatic hydroxyl groups is 1. The van der Waals surface area contributed by atoms with Crippen LogP contribution in [0.25, 0.3) is 0 Å². The predicted octanol–water partition coefficient (Wildman–Crippen LogP) is 2.03. The van der Waals surface area contributed by atoms with Crippen molar-refractivity contribution >= 4 is 0 Å². The Balaban J connectivity index is 0. The molecule has 1 radical (unpaired) electrons. The third-order valence-electron chi connectivity index (χ3n) is 2.05. The standard InChI is InChI=1S/C9H18F3NO.Co/c1-7(2)13(4)6-8(3,14)5-9(10,11)12;/h7,14H,5-6H2,1-4H3;. The molecule has 0 spiro atoms. The van der Waals surface area contributed by atoms with Gasteiger partial charge >= 0.3 is 6.18 Å². The Labute approximate surface area is 99.0 Å². The molecule has 0 aliphatic carbocycles. The van der Waals surface area contributed by atoms with Gasteiger partial charge in [-0.1, -0.05) is 0 Å². The molecule has 0 saturated heterocycles. The zero-order chi connectivity index (χ0) is 11.6. The van der Waals surface area contributed by atoms with Gasteiger partial charge in [-0.3, -0.25) is 0 Å². The van der Waals surface area contributed by atoms with Gasteiger partial charge in [0.15, 0.2) is 0 Å². The quantitative estimate of drug-likeness (QED) is 0.846. The summed E-state index contributed by atoms with van der Waals surface area (Å²) in [6.07, 6.45) is -5.49. The van der Waals surface area contributed by atoms with Gasteiger partial charge in [-0.15, -0.1) is 0 Å². The van der Waals surface area contributed by atoms with Crippen molar-refractivity contribution in [3.8, 4) is 0 Å². The van der Waals surface area contributed by atoms with Crippen LogP contribution in [0, 0.1) is 0 Å². The van der Waals surface area contributed by atoms with Gasteiger partial charge in [0.2, 0.25) is 0 Å². The fourth-order valence-corrected chi connectivity index (χ4v) is 1.21. The fourth-order valence-electron chi connectivity index (χ4n) is 1.21. The Kier molecular flexibility index (Phi) is 7.13. The zero-order valence-electron chi connectivity index (χ0n) is 9.35. The van der Waals surface area contributed by atoms with E-state index in [-0.39, 0.29) is 29.4 Å². The van der Waals surface area contributed by atoms with Gasteiger partial charge in [-0.25, -0.2) is 0 Å². The second-order valence-electron chi connectivity index (χ2n) is 4.30. The predicted molar refractivity (Wildman–Crippen MR) is 49.1 cm³/mol. The molecular weight excluding hydrogens is 254 g/mol. The van der Waals surface area contributed by atoms with Crippen molar-refractivity contribution in [3.05, 3.63) is 0 Å². The van der Waals surface area contributed by atoms with Crippen molar-refractivity contribution in [1.29, 1.82) is 0 Å². The van der Waals surface area contributed by atoms with Crippen molar-refractivity contribution in [2.45, 2.75) is 45.0 Å². The maximum Gasteiger partial charge on any atom is 0.391 e. The van der Waals surface area contributed by atoms with Crippen LogP contribution < -0.4 is 0 Å². The smallest absolute Gasteiger partial charge is 0.388 e. The average Bonchev–Trinajstić information content (AvgIpc) is 1.78. The monoisotopic (exact) mass is 272 g/mol. The van der Waals surface area contributed by atoms with Crippen molar-refractivity contribution in [1.82, 2.24) is 4.90 Å². The van der Waals surface area contributed by atoms with E-state index in [9.17, 15) is 18.3 Å². The Morgan fingerprint density at radius 1 is 1.27 bits per heavy atom. The second kappa shape index (κ2) is 6.08. The molecule has 2 nitrogen and oxygen atoms in total. The molecule has 0 aromatic carbocycles. The summed E-state index contributed by atoms with van der Waals surface area (Å²) in [5.41, 5.74) is -1.71. The number of hydrogen-bond donors (Lipinski definition) is 1. The maximum atomic E-state index is 12.0. The van der Waals surface area contributed by atoms with Crippen molar-refractivity contribution in [3.63, 3.8) is 0 Å². The van der Waals surface area contributed by atoms with E-state index in [4.69, 9.17) is 0 Å². The molecule has 0 heterocycles. The van der Waals surface area contributed by atoms with Gasteiger partial charge in [-0.2, -0.15) is 13.2 Å². The number of rotatable bonds is 4. The third kappa shape index (κ3) is 9.16. The molecule has 0 rings (SSSR count). The summed E-state index contributed by atoms with van der Waals surface area (Å²) in [5, 5.41) is 9.51. The topological polar surface area (TPSA) is 23.5 Å². The Morgan fingerprint density at radius 2 is 1.67 bits per heavy atom. The minimum atomic E-state index is -4.32. The van der Waals surface area contributed by atoms with Crippen LogP contribution in [-0.2, 0) is 16.8 Å². The molecule has 0 fully saturated rings. The molecule has 15 heavy (non-hydrogen) atoms. The Bertz CT molecular complexity index is 183. The zero-order valence-corrected chi connectivity index (χ0v) is 10.4. The van der Waals surface area contributed by atoms with E-state index in [0.29, 0.717) is 0 Å². The number of nitrogens with zero attached hydrogens (tertiary/aromatic N) is 1. The molecule has 0 aliphatic heterocycles. The Hall–Kier alpha value is 0.216. The molecule has 0 aromatic rings. The Morgan fingerprint density at radius 3 is 1.93 bits per heavy atom. The van der Waals surface area contributed by atoms with Crippen LogP contribution >= 0.6 is 0 Å². The first-order valence-corrected chi connectivity index (χ1v) is 4.53. The maximum absolute atomic E-state index is 12.0. The van der Waals surface area contributed by atoms with E-state index >= 15 is 0 Å². The van der Waals surface area contributed by atoms with E-state index < -0.39 is 18.2 Å². The molecule has 95 valence electrons. The van der Waals surface area contributed by atoms with Gasteiger partial charge < -0.3 is 10.0 Å². The fraction of sp³-hybridized carbons (Fsp3) is 1.00. The van der Waals surface area contributed by atoms with Crippen molar-refractivity contribution in [2.24, 2.45) is 0 Å². The van der Waals surface area contributed by atoms with Gasteiger partial charge in [0.25, 0.3) is 0 Å². The minimum absolute atomic E-state index is 0. The molecule has 0 bridgehead atoms. The largest absolute Gasteiger partial charge is 0.391 e. The number of hydrogen-bond acceptors (Lipinski definition) is 2. The molecule has 0 saturated carbocycles. The van der Waals surface area contributed by atoms with E-state index in [1.165, 1.54) is 6.92 Å². The summed E-state index contributed by atoms with van der Waals surface area (Å²) in [4.78, 5) is 1.69. The average molecular weight is 272 g/mol. The van der Waals surface area contributed by atoms with Gasteiger partial charge in [-0.05, 0) is 27.8 Å². The van der Waals surface area contributed by atoms with Crippen molar-refractivity contribution in [2.75, 3.05) is 13.6 Å². The summed E-state index contributed by atoms with van der Waals surface area (Å²) < 4.78 is 36.1. The van der Waals surface area contributed by atoms with Crippen LogP contribution in [-0.4, -0.2) is 41.4 Å². The number of alkyl halides is 3. The van der Waals surface area contributed by atoms with Gasteiger partial charge in [0.1, 0.15) is 0 Å². The van der Waals surface area contributed by atoms with Crippen LogP contribution in [0.15, 0.2) is 0 Å². The van der Waals surface area contributed by atoms with Crippen LogP contribution in [0.5, 0.6) is 0 Å². The molecule has 1 unspecified atom stereocenters. The third-order valence-corrected chi connectivity index (χ3v) is 2.05. The van der Waals surface area contributed by atoms with Gasteiger partial charge in [0, 0.05) is 29.4 Å². The molecule has 1 N–H and O–H groups in total. The first-order valence-electron chi connectivity index (χ1n) is 4.53. The van der Waals surface area contributed by atoms with Gasteiger partial charge in [0.05, 0.1) is 12.0 Å². The van der Waals surface area contributed by atoms with Crippen LogP contribution in [0.4, 0.5) is 13.2 Å². The summed E-state index contributed by atoms with van der Waals surface area (Å²) in [7, 11) is 1.69. The summed E-state index contributed by atoms with van der Waals surface area (Å²) in [6, 6.07) is 0.120. The molecule has 0 aromatic heterocycles. The molecule has 0 amide bonds. The molecule has 1 atom stereocenters. The SMILES string of the molecule is CC(C)N(C)CC(C)(O)CC(F)(F)F.[Co]. The molecule has 6 heteroatoms. The van der Waals surface area contributed by atoms with E-state index in [2.05, 4.69) is 0 Å². The molecule has 0 aliphatic rings. The number of likely N-dealkylation sites (N-methyl/N-ethyl adjacent to an activating group) is 1.